The van der Waals surface area contributed by atoms with Gasteiger partial charge in [0.2, 0.25) is 0 Å². The van der Waals surface area contributed by atoms with Gasteiger partial charge in [0.1, 0.15) is 6.29 Å². The number of ether oxygens (including phenoxy) is 2. The van der Waals surface area contributed by atoms with E-state index in [9.17, 15) is 4.79 Å². The molecule has 1 aromatic rings. The van der Waals surface area contributed by atoms with Crippen molar-refractivity contribution in [1.82, 2.24) is 0 Å². The number of terminal acetylenes is 1. The lowest BCUT2D eigenvalue weighted by Crippen LogP contribution is -2.00. The average molecular weight is 239 g/mol. The smallest absolute Gasteiger partial charge is 0.179 e. The van der Waals surface area contributed by atoms with Crippen molar-refractivity contribution >= 4 is 17.9 Å². The van der Waals surface area contributed by atoms with Crippen LogP contribution < -0.4 is 9.47 Å². The fourth-order valence-electron chi connectivity index (χ4n) is 1.16. The van der Waals surface area contributed by atoms with E-state index in [1.54, 1.807) is 6.07 Å². The Kier molecular flexibility index (Phi) is 4.68. The number of aldehydes is 1. The van der Waals surface area contributed by atoms with Crippen LogP contribution in [0.15, 0.2) is 12.1 Å². The van der Waals surface area contributed by atoms with Crippen LogP contribution in [-0.4, -0.2) is 20.0 Å². The molecule has 0 aliphatic carbocycles. The number of benzene rings is 1. The van der Waals surface area contributed by atoms with Gasteiger partial charge in [-0.15, -0.1) is 12.3 Å². The third-order valence-electron chi connectivity index (χ3n) is 1.88. The van der Waals surface area contributed by atoms with Crippen molar-refractivity contribution in [2.75, 3.05) is 13.7 Å². The van der Waals surface area contributed by atoms with Crippen molar-refractivity contribution in [3.8, 4) is 23.8 Å². The van der Waals surface area contributed by atoms with Gasteiger partial charge in [0, 0.05) is 12.0 Å². The second-order valence-electron chi connectivity index (χ2n) is 2.95. The minimum absolute atomic E-state index is 0.332. The number of methoxy groups -OCH3 is 1. The first-order valence-electron chi connectivity index (χ1n) is 4.62. The maximum Gasteiger partial charge on any atom is 0.179 e. The molecule has 16 heavy (non-hydrogen) atoms. The monoisotopic (exact) mass is 238 g/mol. The molecule has 0 saturated heterocycles. The summed E-state index contributed by atoms with van der Waals surface area (Å²) in [6.07, 6.45) is 6.28. The number of hydrogen-bond donors (Lipinski definition) is 0. The van der Waals surface area contributed by atoms with Crippen LogP contribution >= 0.6 is 11.6 Å². The Morgan fingerprint density at radius 2 is 2.31 bits per heavy atom. The van der Waals surface area contributed by atoms with E-state index in [0.29, 0.717) is 41.4 Å². The molecule has 0 N–H and O–H groups in total. The fraction of sp³-hybridized carbons (Fsp3) is 0.250. The Hall–Kier alpha value is -1.66. The van der Waals surface area contributed by atoms with Gasteiger partial charge in [0.25, 0.3) is 0 Å². The van der Waals surface area contributed by atoms with Gasteiger partial charge in [-0.25, -0.2) is 0 Å². The van der Waals surface area contributed by atoms with Crippen LogP contribution in [0.4, 0.5) is 0 Å². The van der Waals surface area contributed by atoms with Gasteiger partial charge >= 0.3 is 0 Å². The first kappa shape index (κ1) is 12.4. The van der Waals surface area contributed by atoms with Gasteiger partial charge in [-0.05, 0) is 12.1 Å². The van der Waals surface area contributed by atoms with Crippen molar-refractivity contribution in [2.45, 2.75) is 6.42 Å². The standard InChI is InChI=1S/C12H11ClO3/c1-3-4-5-16-12-10(13)6-9(8-14)7-11(12)15-2/h1,6-8H,4-5H2,2H3. The molecule has 0 bridgehead atoms. The molecule has 0 atom stereocenters. The minimum atomic E-state index is 0.332. The zero-order chi connectivity index (χ0) is 12.0. The lowest BCUT2D eigenvalue weighted by atomic mass is 10.2. The molecular weight excluding hydrogens is 228 g/mol. The normalized spacial score (nSPS) is 9.31. The number of rotatable bonds is 5. The minimum Gasteiger partial charge on any atom is -0.493 e. The summed E-state index contributed by atoms with van der Waals surface area (Å²) >= 11 is 5.96. The van der Waals surface area contributed by atoms with E-state index >= 15 is 0 Å². The van der Waals surface area contributed by atoms with E-state index in [2.05, 4.69) is 5.92 Å². The second kappa shape index (κ2) is 6.04. The molecule has 4 heteroatoms. The molecule has 0 radical (unpaired) electrons. The van der Waals surface area contributed by atoms with E-state index in [0.717, 1.165) is 0 Å². The summed E-state index contributed by atoms with van der Waals surface area (Å²) in [5.41, 5.74) is 0.436. The van der Waals surface area contributed by atoms with Gasteiger partial charge < -0.3 is 9.47 Å². The lowest BCUT2D eigenvalue weighted by molar-refractivity contribution is 0.112. The molecule has 84 valence electrons. The van der Waals surface area contributed by atoms with Crippen molar-refractivity contribution < 1.29 is 14.3 Å². The van der Waals surface area contributed by atoms with Crippen molar-refractivity contribution in [3.63, 3.8) is 0 Å². The predicted molar refractivity (Wildman–Crippen MR) is 62.3 cm³/mol. The molecule has 0 fully saturated rings. The average Bonchev–Trinajstić information content (AvgIpc) is 2.30. The first-order chi connectivity index (χ1) is 7.72. The SMILES string of the molecule is C#CCCOc1c(Cl)cc(C=O)cc1OC. The van der Waals surface area contributed by atoms with E-state index in [1.165, 1.54) is 13.2 Å². The molecule has 0 aliphatic rings. The Bertz CT molecular complexity index is 421. The summed E-state index contributed by atoms with van der Waals surface area (Å²) in [6.45, 7) is 0.354. The molecule has 0 aliphatic heterocycles. The third kappa shape index (κ3) is 2.91. The lowest BCUT2D eigenvalue weighted by Gasteiger charge is -2.11. The summed E-state index contributed by atoms with van der Waals surface area (Å²) in [4.78, 5) is 10.6. The third-order valence-corrected chi connectivity index (χ3v) is 2.16. The Balaban J connectivity index is 2.98. The van der Waals surface area contributed by atoms with E-state index in [1.807, 2.05) is 0 Å². The van der Waals surface area contributed by atoms with Crippen molar-refractivity contribution in [3.05, 3.63) is 22.7 Å². The predicted octanol–water partition coefficient (Wildman–Crippen LogP) is 2.56. The van der Waals surface area contributed by atoms with Crippen LogP contribution in [0, 0.1) is 12.3 Å². The summed E-state index contributed by atoms with van der Waals surface area (Å²) in [7, 11) is 1.48. The summed E-state index contributed by atoms with van der Waals surface area (Å²) in [5.74, 6) is 3.28. The van der Waals surface area contributed by atoms with Gasteiger partial charge in [0.05, 0.1) is 18.7 Å². The van der Waals surface area contributed by atoms with Crippen LogP contribution in [0.1, 0.15) is 16.8 Å². The Labute approximate surface area is 99.3 Å². The molecule has 0 saturated carbocycles. The van der Waals surface area contributed by atoms with Crippen LogP contribution in [0.5, 0.6) is 11.5 Å². The molecule has 0 aromatic heterocycles. The van der Waals surface area contributed by atoms with Crippen LogP contribution in [0.25, 0.3) is 0 Å². The van der Waals surface area contributed by atoms with E-state index in [-0.39, 0.29) is 0 Å². The summed E-state index contributed by atoms with van der Waals surface area (Å²) in [6, 6.07) is 3.08. The van der Waals surface area contributed by atoms with Gasteiger partial charge in [-0.1, -0.05) is 11.6 Å². The molecule has 0 heterocycles. The largest absolute Gasteiger partial charge is 0.493 e. The number of carbonyl (C=O) groups is 1. The van der Waals surface area contributed by atoms with E-state index < -0.39 is 0 Å². The molecule has 0 unspecified atom stereocenters. The summed E-state index contributed by atoms with van der Waals surface area (Å²) < 4.78 is 10.5. The van der Waals surface area contributed by atoms with Crippen molar-refractivity contribution in [1.29, 1.82) is 0 Å². The maximum absolute atomic E-state index is 10.6. The topological polar surface area (TPSA) is 35.5 Å². The molecule has 1 rings (SSSR count). The fourth-order valence-corrected chi connectivity index (χ4v) is 1.43. The van der Waals surface area contributed by atoms with Gasteiger partial charge in [0.15, 0.2) is 11.5 Å². The molecule has 3 nitrogen and oxygen atoms in total. The second-order valence-corrected chi connectivity index (χ2v) is 3.36. The molecular formula is C12H11ClO3. The number of hydrogen-bond acceptors (Lipinski definition) is 3. The molecule has 1 aromatic carbocycles. The Morgan fingerprint density at radius 3 is 2.88 bits per heavy atom. The number of halogens is 1. The highest BCUT2D eigenvalue weighted by Crippen LogP contribution is 2.36. The molecule has 0 spiro atoms. The van der Waals surface area contributed by atoms with E-state index in [4.69, 9.17) is 27.5 Å². The quantitative estimate of drug-likeness (QED) is 0.449. The number of carbonyl (C=O) groups excluding carboxylic acids is 1. The zero-order valence-electron chi connectivity index (χ0n) is 8.83. The molecule has 0 amide bonds. The highest BCUT2D eigenvalue weighted by molar-refractivity contribution is 6.32. The zero-order valence-corrected chi connectivity index (χ0v) is 9.58. The van der Waals surface area contributed by atoms with Crippen molar-refractivity contribution in [2.24, 2.45) is 0 Å². The highest BCUT2D eigenvalue weighted by atomic mass is 35.5. The van der Waals surface area contributed by atoms with Gasteiger partial charge in [-0.3, -0.25) is 4.79 Å². The maximum atomic E-state index is 10.6. The highest BCUT2D eigenvalue weighted by Gasteiger charge is 2.11. The van der Waals surface area contributed by atoms with Crippen LogP contribution in [0.2, 0.25) is 5.02 Å². The summed E-state index contributed by atoms with van der Waals surface area (Å²) in [5, 5.41) is 0.332. The Morgan fingerprint density at radius 1 is 1.56 bits per heavy atom. The first-order valence-corrected chi connectivity index (χ1v) is 4.99. The van der Waals surface area contributed by atoms with Gasteiger partial charge in [-0.2, -0.15) is 0 Å². The van der Waals surface area contributed by atoms with Crippen LogP contribution in [0.3, 0.4) is 0 Å². The van der Waals surface area contributed by atoms with Crippen LogP contribution in [-0.2, 0) is 0 Å².